The van der Waals surface area contributed by atoms with E-state index < -0.39 is 5.97 Å². The second-order valence-corrected chi connectivity index (χ2v) is 3.58. The number of hydrogen-bond acceptors (Lipinski definition) is 2. The van der Waals surface area contributed by atoms with Gasteiger partial charge in [0.1, 0.15) is 0 Å². The molecule has 0 saturated heterocycles. The molecule has 0 aliphatic carbocycles. The van der Waals surface area contributed by atoms with Crippen LogP contribution in [0.25, 0.3) is 17.0 Å². The number of carboxylic acid groups (broad SMARTS) is 1. The normalized spacial score (nSPS) is 11.1. The molecule has 0 aliphatic heterocycles. The lowest BCUT2D eigenvalue weighted by Crippen LogP contribution is -1.86. The van der Waals surface area contributed by atoms with E-state index in [9.17, 15) is 4.79 Å². The lowest BCUT2D eigenvalue weighted by atomic mass is 10.1. The Hall–Kier alpha value is -2.16. The van der Waals surface area contributed by atoms with E-state index >= 15 is 0 Å². The van der Waals surface area contributed by atoms with Crippen molar-refractivity contribution in [3.63, 3.8) is 0 Å². The minimum absolute atomic E-state index is 0.862. The molecule has 2 aromatic rings. The van der Waals surface area contributed by atoms with Crippen LogP contribution < -0.4 is 0 Å². The van der Waals surface area contributed by atoms with Crippen molar-refractivity contribution in [2.75, 3.05) is 0 Å². The molecule has 0 fully saturated rings. The summed E-state index contributed by atoms with van der Waals surface area (Å²) in [5.41, 5.74) is 2.76. The zero-order valence-electron chi connectivity index (χ0n) is 8.84. The second-order valence-electron chi connectivity index (χ2n) is 3.58. The minimum atomic E-state index is -0.942. The number of carbonyl (C=O) groups is 1. The molecule has 0 unspecified atom stereocenters. The van der Waals surface area contributed by atoms with Crippen molar-refractivity contribution >= 4 is 22.9 Å². The van der Waals surface area contributed by atoms with Crippen molar-refractivity contribution in [2.45, 2.75) is 6.92 Å². The maximum atomic E-state index is 10.4. The molecular weight excluding hydrogens is 202 g/mol. The highest BCUT2D eigenvalue weighted by Crippen LogP contribution is 2.15. The molecule has 80 valence electrons. The summed E-state index contributed by atoms with van der Waals surface area (Å²) >= 11 is 0. The number of pyridine rings is 1. The topological polar surface area (TPSA) is 50.2 Å². The first kappa shape index (κ1) is 10.4. The predicted molar refractivity (Wildman–Crippen MR) is 63.1 cm³/mol. The Kier molecular flexibility index (Phi) is 2.68. The molecular formula is C13H11NO2. The fourth-order valence-corrected chi connectivity index (χ4v) is 1.52. The third kappa shape index (κ3) is 2.25. The number of aliphatic carboxylic acids is 1. The Bertz CT molecular complexity index is 573. The van der Waals surface area contributed by atoms with Gasteiger partial charge in [-0.25, -0.2) is 4.79 Å². The van der Waals surface area contributed by atoms with E-state index in [0.29, 0.717) is 0 Å². The van der Waals surface area contributed by atoms with Crippen LogP contribution >= 0.6 is 0 Å². The molecule has 0 bridgehead atoms. The lowest BCUT2D eigenvalue weighted by molar-refractivity contribution is -0.131. The number of aromatic nitrogens is 1. The van der Waals surface area contributed by atoms with Gasteiger partial charge in [0.2, 0.25) is 0 Å². The summed E-state index contributed by atoms with van der Waals surface area (Å²) in [6.07, 6.45) is 2.70. The van der Waals surface area contributed by atoms with Crippen LogP contribution in [0, 0.1) is 6.92 Å². The Balaban J connectivity index is 2.44. The quantitative estimate of drug-likeness (QED) is 0.780. The molecule has 2 rings (SSSR count). The lowest BCUT2D eigenvalue weighted by Gasteiger charge is -2.00. The summed E-state index contributed by atoms with van der Waals surface area (Å²) < 4.78 is 0. The van der Waals surface area contributed by atoms with E-state index in [1.54, 1.807) is 6.08 Å². The van der Waals surface area contributed by atoms with Crippen LogP contribution in [0.1, 0.15) is 11.3 Å². The fraction of sp³-hybridized carbons (Fsp3) is 0.0769. The van der Waals surface area contributed by atoms with Crippen LogP contribution in [0.4, 0.5) is 0 Å². The number of hydrogen-bond donors (Lipinski definition) is 1. The van der Waals surface area contributed by atoms with Crippen molar-refractivity contribution in [3.05, 3.63) is 47.7 Å². The molecule has 3 nitrogen and oxygen atoms in total. The zero-order valence-corrected chi connectivity index (χ0v) is 8.84. The minimum Gasteiger partial charge on any atom is -0.478 e. The summed E-state index contributed by atoms with van der Waals surface area (Å²) in [5, 5.41) is 9.54. The number of benzene rings is 1. The molecule has 0 amide bonds. The average molecular weight is 213 g/mol. The van der Waals surface area contributed by atoms with Gasteiger partial charge in [0.15, 0.2) is 0 Å². The van der Waals surface area contributed by atoms with E-state index in [-0.39, 0.29) is 0 Å². The number of aryl methyl sites for hydroxylation is 1. The van der Waals surface area contributed by atoms with Crippen LogP contribution in [-0.2, 0) is 4.79 Å². The van der Waals surface area contributed by atoms with Gasteiger partial charge in [-0.1, -0.05) is 12.1 Å². The van der Waals surface area contributed by atoms with Gasteiger partial charge < -0.3 is 5.11 Å². The summed E-state index contributed by atoms with van der Waals surface area (Å²) in [6.45, 7) is 1.94. The van der Waals surface area contributed by atoms with E-state index in [2.05, 4.69) is 4.98 Å². The molecule has 0 radical (unpaired) electrons. The highest BCUT2D eigenvalue weighted by atomic mass is 16.4. The number of nitrogens with zero attached hydrogens (tertiary/aromatic N) is 1. The largest absolute Gasteiger partial charge is 0.478 e. The van der Waals surface area contributed by atoms with Gasteiger partial charge >= 0.3 is 5.97 Å². The first-order valence-corrected chi connectivity index (χ1v) is 4.93. The van der Waals surface area contributed by atoms with E-state index in [1.165, 1.54) is 0 Å². The van der Waals surface area contributed by atoms with Crippen molar-refractivity contribution in [1.82, 2.24) is 4.98 Å². The maximum Gasteiger partial charge on any atom is 0.328 e. The number of rotatable bonds is 2. The monoisotopic (exact) mass is 213 g/mol. The molecule has 1 aromatic heterocycles. The standard InChI is InChI=1S/C13H11NO2/c1-9-2-5-11-8-10(4-7-13(15)16)3-6-12(11)14-9/h2-8H,1H3,(H,15,16). The first-order chi connectivity index (χ1) is 7.65. The smallest absolute Gasteiger partial charge is 0.328 e. The zero-order chi connectivity index (χ0) is 11.5. The Morgan fingerprint density at radius 3 is 2.88 bits per heavy atom. The molecule has 0 aliphatic rings. The van der Waals surface area contributed by atoms with Gasteiger partial charge in [-0.05, 0) is 36.8 Å². The van der Waals surface area contributed by atoms with Crippen molar-refractivity contribution < 1.29 is 9.90 Å². The van der Waals surface area contributed by atoms with Crippen LogP contribution in [0.15, 0.2) is 36.4 Å². The molecule has 0 spiro atoms. The maximum absolute atomic E-state index is 10.4. The Morgan fingerprint density at radius 1 is 1.31 bits per heavy atom. The molecule has 1 N–H and O–H groups in total. The third-order valence-electron chi connectivity index (χ3n) is 2.27. The first-order valence-electron chi connectivity index (χ1n) is 4.93. The Labute approximate surface area is 93.1 Å². The summed E-state index contributed by atoms with van der Waals surface area (Å²) in [4.78, 5) is 14.8. The Morgan fingerprint density at radius 2 is 2.12 bits per heavy atom. The molecule has 1 heterocycles. The van der Waals surface area contributed by atoms with Gasteiger partial charge in [-0.2, -0.15) is 0 Å². The van der Waals surface area contributed by atoms with Crippen molar-refractivity contribution in [3.8, 4) is 0 Å². The molecule has 0 atom stereocenters. The second kappa shape index (κ2) is 4.14. The summed E-state index contributed by atoms with van der Waals surface area (Å²) in [7, 11) is 0. The molecule has 0 saturated carbocycles. The van der Waals surface area contributed by atoms with Gasteiger partial charge in [-0.15, -0.1) is 0 Å². The van der Waals surface area contributed by atoms with E-state index in [1.807, 2.05) is 37.3 Å². The van der Waals surface area contributed by atoms with E-state index in [0.717, 1.165) is 28.2 Å². The number of fused-ring (bicyclic) bond motifs is 1. The molecule has 16 heavy (non-hydrogen) atoms. The van der Waals surface area contributed by atoms with Gasteiger partial charge in [0, 0.05) is 17.2 Å². The summed E-state index contributed by atoms with van der Waals surface area (Å²) in [6, 6.07) is 9.59. The van der Waals surface area contributed by atoms with Gasteiger partial charge in [-0.3, -0.25) is 4.98 Å². The highest BCUT2D eigenvalue weighted by molar-refractivity contribution is 5.87. The van der Waals surface area contributed by atoms with Crippen molar-refractivity contribution in [2.24, 2.45) is 0 Å². The summed E-state index contributed by atoms with van der Waals surface area (Å²) in [5.74, 6) is -0.942. The average Bonchev–Trinajstić information content (AvgIpc) is 2.26. The van der Waals surface area contributed by atoms with Crippen molar-refractivity contribution in [1.29, 1.82) is 0 Å². The van der Waals surface area contributed by atoms with Gasteiger partial charge in [0.05, 0.1) is 5.52 Å². The molecule has 3 heteroatoms. The SMILES string of the molecule is Cc1ccc2cc(C=CC(=O)O)ccc2n1. The van der Waals surface area contributed by atoms with Crippen LogP contribution in [0.3, 0.4) is 0 Å². The van der Waals surface area contributed by atoms with E-state index in [4.69, 9.17) is 5.11 Å². The highest BCUT2D eigenvalue weighted by Gasteiger charge is 1.96. The van der Waals surface area contributed by atoms with Crippen LogP contribution in [-0.4, -0.2) is 16.1 Å². The number of carboxylic acids is 1. The molecule has 1 aromatic carbocycles. The van der Waals surface area contributed by atoms with Crippen LogP contribution in [0.2, 0.25) is 0 Å². The fourth-order valence-electron chi connectivity index (χ4n) is 1.52. The van der Waals surface area contributed by atoms with Gasteiger partial charge in [0.25, 0.3) is 0 Å². The predicted octanol–water partition coefficient (Wildman–Crippen LogP) is 2.64. The third-order valence-corrected chi connectivity index (χ3v) is 2.27. The van der Waals surface area contributed by atoms with Crippen LogP contribution in [0.5, 0.6) is 0 Å².